The van der Waals surface area contributed by atoms with Crippen molar-refractivity contribution in [2.45, 2.75) is 120 Å². The van der Waals surface area contributed by atoms with Gasteiger partial charge < -0.3 is 4.79 Å². The van der Waals surface area contributed by atoms with E-state index in [0.29, 0.717) is 28.6 Å². The summed E-state index contributed by atoms with van der Waals surface area (Å²) in [5.74, 6) is 2.36. The van der Waals surface area contributed by atoms with Gasteiger partial charge in [0.15, 0.2) is 5.78 Å². The van der Waals surface area contributed by atoms with Gasteiger partial charge in [0.05, 0.1) is 5.41 Å². The Bertz CT molecular complexity index is 956. The van der Waals surface area contributed by atoms with Gasteiger partial charge in [-0.2, -0.15) is 0 Å². The molecule has 190 valence electrons. The van der Waals surface area contributed by atoms with Crippen molar-refractivity contribution < 1.29 is 9.59 Å². The van der Waals surface area contributed by atoms with Crippen molar-refractivity contribution in [3.05, 3.63) is 11.1 Å². The first-order chi connectivity index (χ1) is 15.7. The number of aldehydes is 1. The van der Waals surface area contributed by atoms with Crippen molar-refractivity contribution in [3.63, 3.8) is 0 Å². The highest BCUT2D eigenvalue weighted by molar-refractivity contribution is 6.03. The summed E-state index contributed by atoms with van der Waals surface area (Å²) in [6, 6.07) is 0. The Kier molecular flexibility index (Phi) is 5.17. The Morgan fingerprint density at radius 1 is 0.824 bits per heavy atom. The fourth-order valence-corrected chi connectivity index (χ4v) is 11.2. The molecule has 0 N–H and O–H groups in total. The SMILES string of the molecule is CC(C)C1=C2[C@H]3CC[C@@H]4[C@@]5(C)CC[C@H](C)C(C)(C)[C@]5(C)CC[C@@]4(C)[C@]3(C)CC[C@@]2(C=O)CC1=O. The summed E-state index contributed by atoms with van der Waals surface area (Å²) in [5, 5.41) is 0. The molecule has 8 atom stereocenters. The van der Waals surface area contributed by atoms with Crippen molar-refractivity contribution in [3.8, 4) is 0 Å². The smallest absolute Gasteiger partial charge is 0.160 e. The van der Waals surface area contributed by atoms with Gasteiger partial charge in [0.1, 0.15) is 6.29 Å². The van der Waals surface area contributed by atoms with Crippen LogP contribution in [0.15, 0.2) is 11.1 Å². The fraction of sp³-hybridized carbons (Fsp3) is 0.875. The van der Waals surface area contributed by atoms with E-state index in [1.54, 1.807) is 0 Å². The van der Waals surface area contributed by atoms with Crippen LogP contribution in [0.2, 0.25) is 0 Å². The van der Waals surface area contributed by atoms with Crippen LogP contribution in [0, 0.1) is 56.2 Å². The van der Waals surface area contributed by atoms with Crippen molar-refractivity contribution in [1.82, 2.24) is 0 Å². The molecule has 0 heterocycles. The number of ketones is 1. The standard InChI is InChI=1S/C32H50O2/c1-20(2)25-23(34)18-32(19-33)17-15-28(6)22(26(25)32)10-11-24-29(28,7)14-16-31(9)27(4,5)21(3)12-13-30(24,31)8/h19-22,24H,10-18H2,1-9H3/t21-,22+,24-,28+,29+,30+,31-,32-/m0/s1. The summed E-state index contributed by atoms with van der Waals surface area (Å²) in [6.07, 6.45) is 11.3. The molecule has 0 aromatic heterocycles. The number of rotatable bonds is 2. The maximum Gasteiger partial charge on any atom is 0.160 e. The second-order valence-corrected chi connectivity index (χ2v) is 15.3. The Balaban J connectivity index is 1.64. The minimum Gasteiger partial charge on any atom is -0.302 e. The molecule has 0 amide bonds. The second kappa shape index (κ2) is 7.10. The molecule has 0 aliphatic heterocycles. The quantitative estimate of drug-likeness (QED) is 0.384. The van der Waals surface area contributed by atoms with Crippen LogP contribution < -0.4 is 0 Å². The monoisotopic (exact) mass is 466 g/mol. The van der Waals surface area contributed by atoms with E-state index < -0.39 is 5.41 Å². The number of Topliss-reactive ketones (excluding diaryl/α,β-unsaturated/α-hetero) is 1. The Hall–Kier alpha value is -0.920. The average molecular weight is 467 g/mol. The van der Waals surface area contributed by atoms with Crippen LogP contribution in [0.3, 0.4) is 0 Å². The van der Waals surface area contributed by atoms with Gasteiger partial charge in [0.2, 0.25) is 0 Å². The van der Waals surface area contributed by atoms with E-state index in [0.717, 1.165) is 36.7 Å². The predicted molar refractivity (Wildman–Crippen MR) is 139 cm³/mol. The second-order valence-electron chi connectivity index (χ2n) is 15.3. The van der Waals surface area contributed by atoms with Crippen LogP contribution in [0.25, 0.3) is 0 Å². The zero-order valence-corrected chi connectivity index (χ0v) is 23.6. The summed E-state index contributed by atoms with van der Waals surface area (Å²) >= 11 is 0. The zero-order valence-electron chi connectivity index (χ0n) is 23.6. The van der Waals surface area contributed by atoms with Gasteiger partial charge in [0, 0.05) is 6.42 Å². The third-order valence-electron chi connectivity index (χ3n) is 14.4. The molecule has 34 heavy (non-hydrogen) atoms. The van der Waals surface area contributed by atoms with E-state index in [9.17, 15) is 9.59 Å². The number of carbonyl (C=O) groups is 2. The number of hydrogen-bond acceptors (Lipinski definition) is 2. The minimum atomic E-state index is -0.501. The number of carbonyl (C=O) groups excluding carboxylic acids is 2. The summed E-state index contributed by atoms with van der Waals surface area (Å²) in [5.41, 5.74) is 3.32. The molecule has 5 rings (SSSR count). The molecule has 0 spiro atoms. The van der Waals surface area contributed by atoms with E-state index in [4.69, 9.17) is 0 Å². The molecule has 5 aliphatic rings. The highest BCUT2D eigenvalue weighted by Crippen LogP contribution is 2.79. The Morgan fingerprint density at radius 3 is 2.09 bits per heavy atom. The molecule has 0 bridgehead atoms. The molecule has 0 aromatic carbocycles. The summed E-state index contributed by atoms with van der Waals surface area (Å²) in [6.45, 7) is 22.5. The van der Waals surface area contributed by atoms with Gasteiger partial charge in [-0.1, -0.05) is 62.3 Å². The number of allylic oxidation sites excluding steroid dienone is 2. The lowest BCUT2D eigenvalue weighted by Crippen LogP contribution is -2.68. The van der Waals surface area contributed by atoms with Gasteiger partial charge in [-0.3, -0.25) is 4.79 Å². The van der Waals surface area contributed by atoms with Crippen molar-refractivity contribution >= 4 is 12.1 Å². The molecule has 0 unspecified atom stereocenters. The maximum absolute atomic E-state index is 13.3. The maximum atomic E-state index is 13.3. The van der Waals surface area contributed by atoms with Crippen LogP contribution in [0.5, 0.6) is 0 Å². The highest BCUT2D eigenvalue weighted by Gasteiger charge is 2.72. The van der Waals surface area contributed by atoms with E-state index in [1.165, 1.54) is 44.0 Å². The van der Waals surface area contributed by atoms with Crippen LogP contribution in [0.1, 0.15) is 120 Å². The van der Waals surface area contributed by atoms with E-state index in [-0.39, 0.29) is 22.5 Å². The lowest BCUT2D eigenvalue weighted by molar-refractivity contribution is -0.258. The van der Waals surface area contributed by atoms with Crippen molar-refractivity contribution in [2.24, 2.45) is 56.2 Å². The third-order valence-corrected chi connectivity index (χ3v) is 14.4. The topological polar surface area (TPSA) is 34.1 Å². The normalized spacial score (nSPS) is 52.1. The number of hydrogen-bond donors (Lipinski definition) is 0. The summed E-state index contributed by atoms with van der Waals surface area (Å²) in [4.78, 5) is 25.9. The van der Waals surface area contributed by atoms with Crippen molar-refractivity contribution in [1.29, 1.82) is 0 Å². The lowest BCUT2D eigenvalue weighted by Gasteiger charge is -2.75. The molecular formula is C32H50O2. The third kappa shape index (κ3) is 2.55. The summed E-state index contributed by atoms with van der Waals surface area (Å²) < 4.78 is 0. The summed E-state index contributed by atoms with van der Waals surface area (Å²) in [7, 11) is 0. The minimum absolute atomic E-state index is 0.167. The van der Waals surface area contributed by atoms with Crippen LogP contribution in [-0.4, -0.2) is 12.1 Å². The van der Waals surface area contributed by atoms with Gasteiger partial charge in [0.25, 0.3) is 0 Å². The van der Waals surface area contributed by atoms with E-state index in [1.807, 2.05) is 0 Å². The lowest BCUT2D eigenvalue weighted by atomic mass is 9.29. The van der Waals surface area contributed by atoms with E-state index >= 15 is 0 Å². The number of fused-ring (bicyclic) bond motifs is 7. The Labute approximate surface area is 209 Å². The van der Waals surface area contributed by atoms with Gasteiger partial charge in [-0.15, -0.1) is 0 Å². The fourth-order valence-electron chi connectivity index (χ4n) is 11.2. The average Bonchev–Trinajstić information content (AvgIpc) is 3.07. The first kappa shape index (κ1) is 24.8. The largest absolute Gasteiger partial charge is 0.302 e. The molecule has 0 aromatic rings. The molecule has 0 saturated heterocycles. The van der Waals surface area contributed by atoms with Crippen LogP contribution in [0.4, 0.5) is 0 Å². The van der Waals surface area contributed by atoms with Crippen LogP contribution in [-0.2, 0) is 9.59 Å². The van der Waals surface area contributed by atoms with Crippen molar-refractivity contribution in [2.75, 3.05) is 0 Å². The van der Waals surface area contributed by atoms with E-state index in [2.05, 4.69) is 62.3 Å². The Morgan fingerprint density at radius 2 is 1.47 bits per heavy atom. The highest BCUT2D eigenvalue weighted by atomic mass is 16.1. The van der Waals surface area contributed by atoms with Gasteiger partial charge in [-0.25, -0.2) is 0 Å². The first-order valence-corrected chi connectivity index (χ1v) is 14.4. The predicted octanol–water partition coefficient (Wildman–Crippen LogP) is 8.19. The first-order valence-electron chi connectivity index (χ1n) is 14.4. The molecule has 0 radical (unpaired) electrons. The molecule has 5 aliphatic carbocycles. The van der Waals surface area contributed by atoms with Gasteiger partial charge in [-0.05, 0) is 113 Å². The molecule has 2 heteroatoms. The molecule has 2 nitrogen and oxygen atoms in total. The zero-order chi connectivity index (χ0) is 25.1. The van der Waals surface area contributed by atoms with Crippen LogP contribution >= 0.6 is 0 Å². The molecular weight excluding hydrogens is 416 g/mol. The molecule has 4 saturated carbocycles. The molecule has 4 fully saturated rings. The van der Waals surface area contributed by atoms with Gasteiger partial charge >= 0.3 is 0 Å².